The van der Waals surface area contributed by atoms with Crippen molar-refractivity contribution < 1.29 is 4.39 Å². The molecule has 2 fully saturated rings. The molecule has 0 radical (unpaired) electrons. The number of rotatable bonds is 3. The van der Waals surface area contributed by atoms with E-state index in [1.807, 2.05) is 0 Å². The van der Waals surface area contributed by atoms with E-state index >= 15 is 0 Å². The van der Waals surface area contributed by atoms with Gasteiger partial charge in [0.2, 0.25) is 0 Å². The minimum Gasteiger partial charge on any atom is -0.311 e. The molecule has 0 aliphatic heterocycles. The third-order valence-corrected chi connectivity index (χ3v) is 3.58. The van der Waals surface area contributed by atoms with E-state index in [4.69, 9.17) is 0 Å². The van der Waals surface area contributed by atoms with Gasteiger partial charge in [0.05, 0.1) is 0 Å². The first-order valence-corrected chi connectivity index (χ1v) is 5.74. The van der Waals surface area contributed by atoms with Crippen molar-refractivity contribution in [2.75, 3.05) is 6.54 Å². The van der Waals surface area contributed by atoms with Crippen molar-refractivity contribution in [2.24, 2.45) is 5.92 Å². The number of alkyl halides is 1. The van der Waals surface area contributed by atoms with Gasteiger partial charge in [-0.2, -0.15) is 0 Å². The molecule has 0 amide bonds. The molecule has 0 spiro atoms. The van der Waals surface area contributed by atoms with Gasteiger partial charge in [0.15, 0.2) is 0 Å². The van der Waals surface area contributed by atoms with Crippen molar-refractivity contribution in [1.82, 2.24) is 5.32 Å². The molecular weight excluding hydrogens is 165 g/mol. The smallest absolute Gasteiger partial charge is 0.115 e. The fourth-order valence-corrected chi connectivity index (χ4v) is 2.68. The summed E-state index contributed by atoms with van der Waals surface area (Å²) in [6, 6.07) is 0.181. The zero-order valence-electron chi connectivity index (χ0n) is 8.27. The average Bonchev–Trinajstić information content (AvgIpc) is 2.72. The van der Waals surface area contributed by atoms with Crippen LogP contribution < -0.4 is 5.32 Å². The number of nitrogens with one attached hydrogen (secondary N) is 1. The van der Waals surface area contributed by atoms with Gasteiger partial charge in [-0.3, -0.25) is 0 Å². The molecule has 2 aliphatic carbocycles. The van der Waals surface area contributed by atoms with Crippen LogP contribution >= 0.6 is 0 Å². The molecule has 13 heavy (non-hydrogen) atoms. The minimum atomic E-state index is -0.568. The van der Waals surface area contributed by atoms with Crippen LogP contribution in [0.15, 0.2) is 0 Å². The van der Waals surface area contributed by atoms with Gasteiger partial charge >= 0.3 is 0 Å². The molecule has 76 valence electrons. The van der Waals surface area contributed by atoms with E-state index in [0.29, 0.717) is 0 Å². The Labute approximate surface area is 80.1 Å². The minimum absolute atomic E-state index is 0.181. The van der Waals surface area contributed by atoms with Gasteiger partial charge in [-0.15, -0.1) is 0 Å². The second-order valence-corrected chi connectivity index (χ2v) is 4.61. The molecular formula is C11H20FN. The third kappa shape index (κ3) is 2.43. The summed E-state index contributed by atoms with van der Waals surface area (Å²) >= 11 is 0. The maximum Gasteiger partial charge on any atom is 0.115 e. The van der Waals surface area contributed by atoms with Gasteiger partial charge in [0.25, 0.3) is 0 Å². The Kier molecular flexibility index (Phi) is 3.20. The first kappa shape index (κ1) is 9.45. The zero-order chi connectivity index (χ0) is 9.10. The van der Waals surface area contributed by atoms with Crippen LogP contribution in [0.25, 0.3) is 0 Å². The fourth-order valence-electron chi connectivity index (χ4n) is 2.68. The maximum atomic E-state index is 13.2. The summed E-state index contributed by atoms with van der Waals surface area (Å²) in [5.41, 5.74) is 0. The lowest BCUT2D eigenvalue weighted by molar-refractivity contribution is 0.271. The summed E-state index contributed by atoms with van der Waals surface area (Å²) in [5.74, 6) is 0.841. The molecule has 0 unspecified atom stereocenters. The highest BCUT2D eigenvalue weighted by Gasteiger charge is 2.27. The molecule has 0 aromatic heterocycles. The van der Waals surface area contributed by atoms with Crippen LogP contribution in [0.4, 0.5) is 4.39 Å². The van der Waals surface area contributed by atoms with Gasteiger partial charge in [0, 0.05) is 6.04 Å². The molecule has 2 saturated carbocycles. The average molecular weight is 185 g/mol. The second kappa shape index (κ2) is 4.41. The Morgan fingerprint density at radius 1 is 1.00 bits per heavy atom. The van der Waals surface area contributed by atoms with E-state index in [2.05, 4.69) is 5.32 Å². The summed E-state index contributed by atoms with van der Waals surface area (Å²) in [5, 5.41) is 3.40. The van der Waals surface area contributed by atoms with Crippen molar-refractivity contribution in [3.63, 3.8) is 0 Å². The molecule has 2 aliphatic rings. The molecule has 2 rings (SSSR count). The van der Waals surface area contributed by atoms with E-state index in [0.717, 1.165) is 31.7 Å². The first-order chi connectivity index (χ1) is 6.36. The molecule has 0 aromatic carbocycles. The van der Waals surface area contributed by atoms with Crippen molar-refractivity contribution in [3.05, 3.63) is 0 Å². The molecule has 0 saturated heterocycles. The predicted octanol–water partition coefficient (Wildman–Crippen LogP) is 2.66. The van der Waals surface area contributed by atoms with E-state index in [1.165, 1.54) is 25.7 Å². The second-order valence-electron chi connectivity index (χ2n) is 4.61. The van der Waals surface area contributed by atoms with Crippen LogP contribution in [-0.2, 0) is 0 Å². The quantitative estimate of drug-likeness (QED) is 0.712. The highest BCUT2D eigenvalue weighted by molar-refractivity contribution is 4.84. The van der Waals surface area contributed by atoms with Gasteiger partial charge in [-0.1, -0.05) is 12.8 Å². The molecule has 1 N–H and O–H groups in total. The number of hydrogen-bond acceptors (Lipinski definition) is 1. The van der Waals surface area contributed by atoms with Crippen molar-refractivity contribution in [1.29, 1.82) is 0 Å². The summed E-state index contributed by atoms with van der Waals surface area (Å²) in [6.45, 7) is 1.06. The maximum absolute atomic E-state index is 13.2. The summed E-state index contributed by atoms with van der Waals surface area (Å²) in [7, 11) is 0. The fraction of sp³-hybridized carbons (Fsp3) is 1.00. The standard InChI is InChI=1S/C11H20FN/c12-10-6-3-7-11(10)13-8-9-4-1-2-5-9/h9-11,13H,1-8H2/t10-,11+/m0/s1. The van der Waals surface area contributed by atoms with Gasteiger partial charge < -0.3 is 5.32 Å². The number of halogens is 1. The van der Waals surface area contributed by atoms with E-state index in [-0.39, 0.29) is 6.04 Å². The molecule has 0 bridgehead atoms. The van der Waals surface area contributed by atoms with Crippen LogP contribution in [0.2, 0.25) is 0 Å². The van der Waals surface area contributed by atoms with Crippen LogP contribution in [-0.4, -0.2) is 18.8 Å². The van der Waals surface area contributed by atoms with E-state index < -0.39 is 6.17 Å². The summed E-state index contributed by atoms with van der Waals surface area (Å²) < 4.78 is 13.2. The zero-order valence-corrected chi connectivity index (χ0v) is 8.27. The van der Waals surface area contributed by atoms with Crippen LogP contribution in [0.5, 0.6) is 0 Å². The van der Waals surface area contributed by atoms with Crippen LogP contribution in [0.3, 0.4) is 0 Å². The van der Waals surface area contributed by atoms with Crippen molar-refractivity contribution >= 4 is 0 Å². The molecule has 2 atom stereocenters. The first-order valence-electron chi connectivity index (χ1n) is 5.74. The van der Waals surface area contributed by atoms with E-state index in [1.54, 1.807) is 0 Å². The lowest BCUT2D eigenvalue weighted by atomic mass is 10.1. The Balaban J connectivity index is 1.66. The Morgan fingerprint density at radius 3 is 2.38 bits per heavy atom. The van der Waals surface area contributed by atoms with E-state index in [9.17, 15) is 4.39 Å². The highest BCUT2D eigenvalue weighted by Crippen LogP contribution is 2.26. The lowest BCUT2D eigenvalue weighted by Gasteiger charge is -2.17. The Hall–Kier alpha value is -0.110. The van der Waals surface area contributed by atoms with Crippen LogP contribution in [0, 0.1) is 5.92 Å². The molecule has 1 nitrogen and oxygen atoms in total. The molecule has 0 heterocycles. The lowest BCUT2D eigenvalue weighted by Crippen LogP contribution is -2.36. The normalized spacial score (nSPS) is 35.8. The third-order valence-electron chi connectivity index (χ3n) is 3.58. The number of hydrogen-bond donors (Lipinski definition) is 1. The summed E-state index contributed by atoms with van der Waals surface area (Å²) in [4.78, 5) is 0. The molecule has 0 aromatic rings. The van der Waals surface area contributed by atoms with Gasteiger partial charge in [-0.05, 0) is 44.6 Å². The Morgan fingerprint density at radius 2 is 1.77 bits per heavy atom. The summed E-state index contributed by atoms with van der Waals surface area (Å²) in [6.07, 6.45) is 7.82. The van der Waals surface area contributed by atoms with Crippen molar-refractivity contribution in [3.8, 4) is 0 Å². The van der Waals surface area contributed by atoms with Gasteiger partial charge in [0.1, 0.15) is 6.17 Å². The van der Waals surface area contributed by atoms with Crippen LogP contribution in [0.1, 0.15) is 44.9 Å². The van der Waals surface area contributed by atoms with Gasteiger partial charge in [-0.25, -0.2) is 4.39 Å². The monoisotopic (exact) mass is 185 g/mol. The highest BCUT2D eigenvalue weighted by atomic mass is 19.1. The molecule has 2 heteroatoms. The Bertz CT molecular complexity index is 154. The largest absolute Gasteiger partial charge is 0.311 e. The topological polar surface area (TPSA) is 12.0 Å². The SMILES string of the molecule is F[C@H]1CCC[C@H]1NCC1CCCC1. The predicted molar refractivity (Wildman–Crippen MR) is 52.5 cm³/mol. The van der Waals surface area contributed by atoms with Crippen molar-refractivity contribution in [2.45, 2.75) is 57.2 Å².